The molecule has 0 unspecified atom stereocenters. The Balaban J connectivity index is 2.42. The topological polar surface area (TPSA) is 46.0 Å². The van der Waals surface area contributed by atoms with Gasteiger partial charge >= 0.3 is 0 Å². The highest BCUT2D eigenvalue weighted by molar-refractivity contribution is 9.10. The fourth-order valence-corrected chi connectivity index (χ4v) is 2.85. The number of para-hydroxylation sites is 1. The lowest BCUT2D eigenvalue weighted by Gasteiger charge is -2.00. The summed E-state index contributed by atoms with van der Waals surface area (Å²) in [7, 11) is 0. The van der Waals surface area contributed by atoms with E-state index in [1.54, 1.807) is 0 Å². The molecule has 0 aliphatic carbocycles. The van der Waals surface area contributed by atoms with Crippen molar-refractivity contribution in [3.63, 3.8) is 0 Å². The van der Waals surface area contributed by atoms with E-state index in [-0.39, 0.29) is 5.56 Å². The minimum absolute atomic E-state index is 0.193. The molecule has 0 aliphatic rings. The molecular formula is C15H8BrNO2. The zero-order chi connectivity index (χ0) is 13.0. The van der Waals surface area contributed by atoms with Crippen molar-refractivity contribution in [2.45, 2.75) is 0 Å². The summed E-state index contributed by atoms with van der Waals surface area (Å²) in [5.74, 6) is 0. The predicted molar refractivity (Wildman–Crippen MR) is 79.5 cm³/mol. The number of aromatic amines is 1. The van der Waals surface area contributed by atoms with Gasteiger partial charge in [0, 0.05) is 26.1 Å². The molecule has 1 N–H and O–H groups in total. The molecule has 0 spiro atoms. The van der Waals surface area contributed by atoms with Gasteiger partial charge in [-0.1, -0.05) is 34.1 Å². The third-order valence-electron chi connectivity index (χ3n) is 3.30. The number of fused-ring (bicyclic) bond motifs is 5. The van der Waals surface area contributed by atoms with Gasteiger partial charge in [-0.15, -0.1) is 0 Å². The van der Waals surface area contributed by atoms with Gasteiger partial charge in [-0.25, -0.2) is 0 Å². The van der Waals surface area contributed by atoms with Crippen LogP contribution in [0.4, 0.5) is 0 Å². The summed E-state index contributed by atoms with van der Waals surface area (Å²) >= 11 is 3.47. The molecule has 19 heavy (non-hydrogen) atoms. The number of hydrogen-bond acceptors (Lipinski definition) is 2. The van der Waals surface area contributed by atoms with E-state index in [9.17, 15) is 4.79 Å². The first-order valence-electron chi connectivity index (χ1n) is 5.87. The number of H-pyrrole nitrogens is 1. The quantitative estimate of drug-likeness (QED) is 0.529. The minimum atomic E-state index is -0.193. The zero-order valence-electron chi connectivity index (χ0n) is 9.74. The molecule has 4 heteroatoms. The molecule has 2 aromatic heterocycles. The summed E-state index contributed by atoms with van der Waals surface area (Å²) in [6.45, 7) is 0. The van der Waals surface area contributed by atoms with E-state index in [1.165, 1.54) is 0 Å². The molecule has 0 saturated heterocycles. The highest BCUT2D eigenvalue weighted by Gasteiger charge is 2.13. The van der Waals surface area contributed by atoms with E-state index in [4.69, 9.17) is 4.42 Å². The second-order valence-corrected chi connectivity index (χ2v) is 5.36. The summed E-state index contributed by atoms with van der Waals surface area (Å²) in [5.41, 5.74) is 1.73. The van der Waals surface area contributed by atoms with E-state index >= 15 is 0 Å². The molecule has 0 amide bonds. The maximum atomic E-state index is 12.1. The molecule has 0 atom stereocenters. The molecule has 0 aliphatic heterocycles. The van der Waals surface area contributed by atoms with Crippen molar-refractivity contribution in [1.29, 1.82) is 0 Å². The second-order valence-electron chi connectivity index (χ2n) is 4.45. The molecule has 2 heterocycles. The maximum absolute atomic E-state index is 12.1. The molecule has 0 fully saturated rings. The Bertz CT molecular complexity index is 997. The fraction of sp³-hybridized carbons (Fsp3) is 0. The lowest BCUT2D eigenvalue weighted by atomic mass is 10.1. The van der Waals surface area contributed by atoms with Crippen LogP contribution >= 0.6 is 15.9 Å². The molecule has 0 bridgehead atoms. The number of pyridine rings is 1. The Morgan fingerprint density at radius 1 is 1.05 bits per heavy atom. The maximum Gasteiger partial charge on any atom is 0.292 e. The fourth-order valence-electron chi connectivity index (χ4n) is 2.48. The first kappa shape index (κ1) is 10.8. The number of hydrogen-bond donors (Lipinski definition) is 1. The van der Waals surface area contributed by atoms with Crippen LogP contribution in [0, 0.1) is 0 Å². The van der Waals surface area contributed by atoms with E-state index in [2.05, 4.69) is 20.9 Å². The third kappa shape index (κ3) is 1.47. The monoisotopic (exact) mass is 313 g/mol. The van der Waals surface area contributed by atoms with Crippen LogP contribution in [0.1, 0.15) is 0 Å². The molecule has 92 valence electrons. The summed E-state index contributed by atoms with van der Waals surface area (Å²) in [5, 5.41) is 2.82. The van der Waals surface area contributed by atoms with Crippen LogP contribution in [0.5, 0.6) is 0 Å². The first-order valence-corrected chi connectivity index (χ1v) is 6.66. The molecule has 0 saturated carbocycles. The van der Waals surface area contributed by atoms with E-state index in [0.717, 1.165) is 31.7 Å². The van der Waals surface area contributed by atoms with Gasteiger partial charge in [0.05, 0.1) is 0 Å². The zero-order valence-corrected chi connectivity index (χ0v) is 11.3. The van der Waals surface area contributed by atoms with Crippen LogP contribution in [-0.2, 0) is 0 Å². The van der Waals surface area contributed by atoms with Crippen LogP contribution in [0.3, 0.4) is 0 Å². The first-order chi connectivity index (χ1) is 9.24. The highest BCUT2D eigenvalue weighted by Crippen LogP contribution is 2.32. The largest absolute Gasteiger partial charge is 0.450 e. The third-order valence-corrected chi connectivity index (χ3v) is 3.79. The van der Waals surface area contributed by atoms with Crippen molar-refractivity contribution in [1.82, 2.24) is 4.98 Å². The average molecular weight is 314 g/mol. The Hall–Kier alpha value is -2.07. The number of halogens is 1. The highest BCUT2D eigenvalue weighted by atomic mass is 79.9. The predicted octanol–water partition coefficient (Wildman–Crippen LogP) is 4.19. The summed E-state index contributed by atoms with van der Waals surface area (Å²) in [6.07, 6.45) is 0. The summed E-state index contributed by atoms with van der Waals surface area (Å²) < 4.78 is 6.64. The van der Waals surface area contributed by atoms with Crippen molar-refractivity contribution < 1.29 is 4.42 Å². The number of furan rings is 1. The van der Waals surface area contributed by atoms with Crippen molar-refractivity contribution in [3.8, 4) is 0 Å². The van der Waals surface area contributed by atoms with Crippen LogP contribution in [-0.4, -0.2) is 4.98 Å². The Morgan fingerprint density at radius 3 is 2.79 bits per heavy atom. The van der Waals surface area contributed by atoms with E-state index in [0.29, 0.717) is 5.58 Å². The van der Waals surface area contributed by atoms with Crippen LogP contribution in [0.2, 0.25) is 0 Å². The van der Waals surface area contributed by atoms with Crippen LogP contribution in [0.25, 0.3) is 32.8 Å². The second kappa shape index (κ2) is 3.71. The Morgan fingerprint density at radius 2 is 1.89 bits per heavy atom. The minimum Gasteiger partial charge on any atom is -0.450 e. The molecule has 2 aromatic carbocycles. The smallest absolute Gasteiger partial charge is 0.292 e. The van der Waals surface area contributed by atoms with Gasteiger partial charge in [-0.3, -0.25) is 4.79 Å². The lowest BCUT2D eigenvalue weighted by Crippen LogP contribution is -2.04. The van der Waals surface area contributed by atoms with E-state index < -0.39 is 0 Å². The molecule has 4 aromatic rings. The van der Waals surface area contributed by atoms with Crippen molar-refractivity contribution >= 4 is 48.8 Å². The SMILES string of the molecule is O=c1[nH]c2ccc(Br)cc2c2c1oc1ccccc12. The molecule has 3 nitrogen and oxygen atoms in total. The van der Waals surface area contributed by atoms with Crippen LogP contribution < -0.4 is 5.56 Å². The average Bonchev–Trinajstić information content (AvgIpc) is 2.80. The molecule has 0 radical (unpaired) electrons. The van der Waals surface area contributed by atoms with Crippen molar-refractivity contribution in [2.75, 3.05) is 0 Å². The van der Waals surface area contributed by atoms with Gasteiger partial charge in [0.2, 0.25) is 5.58 Å². The van der Waals surface area contributed by atoms with Crippen molar-refractivity contribution in [2.24, 2.45) is 0 Å². The Kier molecular flexibility index (Phi) is 2.11. The lowest BCUT2D eigenvalue weighted by molar-refractivity contribution is 0.663. The summed E-state index contributed by atoms with van der Waals surface area (Å²) in [6, 6.07) is 13.5. The number of aromatic nitrogens is 1. The molecule has 4 rings (SSSR count). The van der Waals surface area contributed by atoms with Crippen LogP contribution in [0.15, 0.2) is 56.1 Å². The van der Waals surface area contributed by atoms with E-state index in [1.807, 2.05) is 42.5 Å². The number of benzene rings is 2. The number of nitrogens with one attached hydrogen (secondary N) is 1. The summed E-state index contributed by atoms with van der Waals surface area (Å²) in [4.78, 5) is 14.9. The normalized spacial score (nSPS) is 11.6. The van der Waals surface area contributed by atoms with Gasteiger partial charge in [0.15, 0.2) is 0 Å². The van der Waals surface area contributed by atoms with Gasteiger partial charge < -0.3 is 9.40 Å². The molecular weight excluding hydrogens is 306 g/mol. The number of rotatable bonds is 0. The Labute approximate surface area is 116 Å². The van der Waals surface area contributed by atoms with Gasteiger partial charge in [0.1, 0.15) is 5.58 Å². The van der Waals surface area contributed by atoms with Gasteiger partial charge in [-0.2, -0.15) is 0 Å². The van der Waals surface area contributed by atoms with Crippen molar-refractivity contribution in [3.05, 3.63) is 57.3 Å². The standard InChI is InChI=1S/C15H8BrNO2/c16-8-5-6-11-10(7-8)13-9-3-1-2-4-12(9)19-14(13)15(18)17-11/h1-7H,(H,17,18). The van der Waals surface area contributed by atoms with Gasteiger partial charge in [0.25, 0.3) is 5.56 Å². The van der Waals surface area contributed by atoms with Gasteiger partial charge in [-0.05, 0) is 24.3 Å².